The normalized spacial score (nSPS) is 12.7. The van der Waals surface area contributed by atoms with Crippen LogP contribution >= 0.6 is 0 Å². The number of imidazole rings is 1. The largest absolute Gasteiger partial charge is 0.522 e. The molecule has 0 saturated heterocycles. The van der Waals surface area contributed by atoms with E-state index in [9.17, 15) is 21.6 Å². The number of nitrogens with zero attached hydrogens (tertiary/aromatic N) is 2. The molecule has 0 aliphatic rings. The van der Waals surface area contributed by atoms with Crippen molar-refractivity contribution >= 4 is 20.2 Å². The fourth-order valence-corrected chi connectivity index (χ4v) is 1.56. The quantitative estimate of drug-likeness (QED) is 0.600. The molecule has 1 rings (SSSR count). The van der Waals surface area contributed by atoms with Crippen molar-refractivity contribution in [2.45, 2.75) is 18.3 Å². The number of rotatable bonds is 4. The molecule has 0 saturated carbocycles. The van der Waals surface area contributed by atoms with Crippen molar-refractivity contribution in [3.63, 3.8) is 0 Å². The second-order valence-electron chi connectivity index (χ2n) is 3.76. The van der Waals surface area contributed by atoms with E-state index in [4.69, 9.17) is 17.5 Å². The highest BCUT2D eigenvalue weighted by Gasteiger charge is 2.44. The van der Waals surface area contributed by atoms with Crippen LogP contribution in [-0.2, 0) is 33.7 Å². The average molecular weight is 354 g/mol. The van der Waals surface area contributed by atoms with Crippen molar-refractivity contribution in [3.8, 4) is 0 Å². The second-order valence-corrected chi connectivity index (χ2v) is 6.75. The van der Waals surface area contributed by atoms with Crippen molar-refractivity contribution in [3.05, 3.63) is 18.2 Å². The Morgan fingerprint density at radius 1 is 1.24 bits per heavy atom. The van der Waals surface area contributed by atoms with Gasteiger partial charge in [0.15, 0.2) is 0 Å². The molecule has 0 aliphatic heterocycles. The van der Waals surface area contributed by atoms with Crippen LogP contribution in [0.25, 0.3) is 0 Å². The molecule has 0 radical (unpaired) electrons. The highest BCUT2D eigenvalue weighted by Crippen LogP contribution is 2.20. The van der Waals surface area contributed by atoms with Gasteiger partial charge in [-0.15, -0.1) is 0 Å². The van der Waals surface area contributed by atoms with Crippen molar-refractivity contribution in [1.82, 2.24) is 9.55 Å². The lowest BCUT2D eigenvalue weighted by Gasteiger charge is -1.99. The third-order valence-electron chi connectivity index (χ3n) is 2.02. The van der Waals surface area contributed by atoms with Crippen LogP contribution in [0.1, 0.15) is 12.2 Å². The Hall–Kier alpha value is -1.18. The minimum atomic E-state index is -5.84. The number of hydrogen-bond acceptors (Lipinski definition) is 5. The monoisotopic (exact) mass is 354 g/mol. The third kappa shape index (κ3) is 8.64. The Morgan fingerprint density at radius 3 is 2.00 bits per heavy atom. The van der Waals surface area contributed by atoms with Crippen molar-refractivity contribution in [2.75, 3.05) is 5.75 Å². The highest BCUT2D eigenvalue weighted by atomic mass is 32.2. The van der Waals surface area contributed by atoms with Gasteiger partial charge in [-0.25, -0.2) is 4.98 Å². The zero-order valence-corrected chi connectivity index (χ0v) is 12.3. The molecule has 0 fully saturated rings. The number of alkyl halides is 3. The molecule has 13 heteroatoms. The molecular formula is C8H13F3N2O6S2. The highest BCUT2D eigenvalue weighted by molar-refractivity contribution is 7.86. The van der Waals surface area contributed by atoms with E-state index >= 15 is 0 Å². The Balaban J connectivity index is 0.000000433. The summed E-state index contributed by atoms with van der Waals surface area (Å²) in [4.78, 5) is 4.02. The Bertz CT molecular complexity index is 650. The molecule has 0 spiro atoms. The van der Waals surface area contributed by atoms with Gasteiger partial charge >= 0.3 is 15.6 Å². The lowest BCUT2D eigenvalue weighted by atomic mass is 10.3. The lowest BCUT2D eigenvalue weighted by Crippen LogP contribution is -2.21. The summed E-state index contributed by atoms with van der Waals surface area (Å²) in [5.74, 6) is 0.614. The molecule has 0 aliphatic carbocycles. The van der Waals surface area contributed by atoms with Gasteiger partial charge in [-0.2, -0.15) is 30.0 Å². The lowest BCUT2D eigenvalue weighted by molar-refractivity contribution is -0.0510. The zero-order valence-electron chi connectivity index (χ0n) is 10.6. The number of aryl methyl sites for hydroxylation is 2. The van der Waals surface area contributed by atoms with Crippen LogP contribution in [0.5, 0.6) is 0 Å². The van der Waals surface area contributed by atoms with Crippen molar-refractivity contribution in [2.24, 2.45) is 7.05 Å². The first kappa shape index (κ1) is 19.8. The number of aromatic nitrogens is 2. The first-order valence-corrected chi connectivity index (χ1v) is 8.24. The van der Waals surface area contributed by atoms with Crippen LogP contribution in [0.2, 0.25) is 0 Å². The van der Waals surface area contributed by atoms with Crippen molar-refractivity contribution in [1.29, 1.82) is 0 Å². The molecule has 124 valence electrons. The summed E-state index contributed by atoms with van der Waals surface area (Å²) in [6, 6.07) is 0. The van der Waals surface area contributed by atoms with E-state index in [1.165, 1.54) is 0 Å². The maximum absolute atomic E-state index is 10.7. The van der Waals surface area contributed by atoms with Gasteiger partial charge in [-0.05, 0) is 6.42 Å². The molecule has 1 heterocycles. The van der Waals surface area contributed by atoms with Gasteiger partial charge in [0.2, 0.25) is 0 Å². The first-order valence-electron chi connectivity index (χ1n) is 5.19. The molecule has 21 heavy (non-hydrogen) atoms. The smallest absolute Gasteiger partial charge is 0.338 e. The van der Waals surface area contributed by atoms with Gasteiger partial charge in [-0.1, -0.05) is 0 Å². The van der Waals surface area contributed by atoms with Gasteiger partial charge in [-0.3, -0.25) is 9.11 Å². The molecule has 8 nitrogen and oxygen atoms in total. The van der Waals surface area contributed by atoms with Gasteiger partial charge in [0.05, 0.1) is 5.75 Å². The summed E-state index contributed by atoms with van der Waals surface area (Å²) in [5.41, 5.74) is -5.53. The minimum absolute atomic E-state index is 0.208. The Labute approximate surface area is 119 Å². The van der Waals surface area contributed by atoms with Crippen molar-refractivity contribution < 1.29 is 39.1 Å². The molecule has 0 unspecified atom stereocenters. The second kappa shape index (κ2) is 7.20. The Kier molecular flexibility index (Phi) is 6.79. The molecule has 0 bridgehead atoms. The molecule has 1 aromatic heterocycles. The summed E-state index contributed by atoms with van der Waals surface area (Å²) in [7, 11) is -7.82. The van der Waals surface area contributed by atoms with Crippen LogP contribution in [-0.4, -0.2) is 46.8 Å². The summed E-state index contributed by atoms with van der Waals surface area (Å²) >= 11 is 0. The minimum Gasteiger partial charge on any atom is -0.338 e. The molecule has 0 atom stereocenters. The zero-order chi connectivity index (χ0) is 16.9. The van der Waals surface area contributed by atoms with E-state index in [0.717, 1.165) is 5.82 Å². The topological polar surface area (TPSA) is 127 Å². The van der Waals surface area contributed by atoms with E-state index < -0.39 is 25.7 Å². The van der Waals surface area contributed by atoms with Gasteiger partial charge in [0.1, 0.15) is 5.82 Å². The number of hydrogen-bond donors (Lipinski definition) is 2. The maximum atomic E-state index is 10.7. The predicted molar refractivity (Wildman–Crippen MR) is 65.5 cm³/mol. The first-order chi connectivity index (χ1) is 9.24. The van der Waals surface area contributed by atoms with E-state index in [0.29, 0.717) is 12.8 Å². The van der Waals surface area contributed by atoms with E-state index in [-0.39, 0.29) is 5.75 Å². The Morgan fingerprint density at radius 2 is 1.71 bits per heavy atom. The van der Waals surface area contributed by atoms with Gasteiger partial charge in [0, 0.05) is 25.9 Å². The molecule has 1 aromatic rings. The van der Waals surface area contributed by atoms with Crippen LogP contribution in [0.15, 0.2) is 12.4 Å². The van der Waals surface area contributed by atoms with Crippen LogP contribution in [0.4, 0.5) is 13.2 Å². The summed E-state index contributed by atoms with van der Waals surface area (Å²) < 4.78 is 88.6. The SMILES string of the molecule is Cn1ccnc1CCCS(=O)(=O)O.O=S(=O)(O)C(F)(F)F. The fourth-order valence-electron chi connectivity index (χ4n) is 1.05. The summed E-state index contributed by atoms with van der Waals surface area (Å²) in [5, 5.41) is 0. The predicted octanol–water partition coefficient (Wildman–Crippen LogP) is 0.635. The number of halogens is 3. The van der Waals surface area contributed by atoms with E-state index in [1.807, 2.05) is 11.6 Å². The molecule has 0 aromatic carbocycles. The van der Waals surface area contributed by atoms with E-state index in [2.05, 4.69) is 4.98 Å². The van der Waals surface area contributed by atoms with E-state index in [1.54, 1.807) is 12.4 Å². The maximum Gasteiger partial charge on any atom is 0.522 e. The molecule has 0 amide bonds. The fraction of sp³-hybridized carbons (Fsp3) is 0.625. The van der Waals surface area contributed by atoms with Gasteiger partial charge in [0.25, 0.3) is 10.1 Å². The molecular weight excluding hydrogens is 341 g/mol. The third-order valence-corrected chi connectivity index (χ3v) is 3.41. The summed E-state index contributed by atoms with van der Waals surface area (Å²) in [6.07, 6.45) is 4.40. The van der Waals surface area contributed by atoms with Crippen LogP contribution in [0.3, 0.4) is 0 Å². The van der Waals surface area contributed by atoms with Crippen LogP contribution in [0, 0.1) is 0 Å². The average Bonchev–Trinajstić information content (AvgIpc) is 2.60. The van der Waals surface area contributed by atoms with Gasteiger partial charge < -0.3 is 4.57 Å². The standard InChI is InChI=1S/C7H12N2O3S.CHF3O3S/c1-9-5-4-8-7(9)3-2-6-13(10,11)12;2-1(3,4)8(5,6)7/h4-5H,2-3,6H2,1H3,(H,10,11,12);(H,5,6,7). The molecule has 2 N–H and O–H groups in total. The van der Waals surface area contributed by atoms with Crippen LogP contribution < -0.4 is 0 Å². The summed E-state index contributed by atoms with van der Waals surface area (Å²) in [6.45, 7) is 0.